The van der Waals surface area contributed by atoms with E-state index in [9.17, 15) is 14.4 Å². The molecule has 0 unspecified atom stereocenters. The van der Waals surface area contributed by atoms with Crippen LogP contribution in [0.2, 0.25) is 0 Å². The molecule has 0 aliphatic carbocycles. The summed E-state index contributed by atoms with van der Waals surface area (Å²) in [4.78, 5) is 36.8. The Kier molecular flexibility index (Phi) is 5.31. The summed E-state index contributed by atoms with van der Waals surface area (Å²) in [5.74, 6) is -0.780. The number of hydrogen-bond acceptors (Lipinski definition) is 3. The zero-order valence-corrected chi connectivity index (χ0v) is 11.8. The number of rotatable bonds is 3. The summed E-state index contributed by atoms with van der Waals surface area (Å²) in [5, 5.41) is 0. The first-order valence-electron chi connectivity index (χ1n) is 7.09. The molecule has 1 aliphatic rings. The van der Waals surface area contributed by atoms with E-state index < -0.39 is 5.91 Å². The van der Waals surface area contributed by atoms with Gasteiger partial charge in [-0.05, 0) is 25.0 Å². The van der Waals surface area contributed by atoms with Crippen molar-refractivity contribution in [3.05, 3.63) is 35.9 Å². The molecular weight excluding hydrogens is 270 g/mol. The highest BCUT2D eigenvalue weighted by atomic mass is 16.2. The summed E-state index contributed by atoms with van der Waals surface area (Å²) >= 11 is 0. The Morgan fingerprint density at radius 3 is 2.57 bits per heavy atom. The van der Waals surface area contributed by atoms with Crippen LogP contribution in [0.4, 0.5) is 0 Å². The van der Waals surface area contributed by atoms with Crippen molar-refractivity contribution >= 4 is 17.7 Å². The number of nitrogens with one attached hydrogen (secondary N) is 2. The summed E-state index contributed by atoms with van der Waals surface area (Å²) in [7, 11) is 0. The molecule has 0 saturated carbocycles. The van der Waals surface area contributed by atoms with E-state index in [0.29, 0.717) is 18.5 Å². The molecule has 112 valence electrons. The van der Waals surface area contributed by atoms with Crippen LogP contribution in [0, 0.1) is 0 Å². The number of carbonyl (C=O) groups is 3. The largest absolute Gasteiger partial charge is 0.333 e. The van der Waals surface area contributed by atoms with Gasteiger partial charge in [0.2, 0.25) is 5.91 Å². The minimum Gasteiger partial charge on any atom is -0.333 e. The molecule has 2 N–H and O–H groups in total. The van der Waals surface area contributed by atoms with Gasteiger partial charge in [-0.3, -0.25) is 25.2 Å². The summed E-state index contributed by atoms with van der Waals surface area (Å²) in [6, 6.07) is 8.60. The highest BCUT2D eigenvalue weighted by molar-refractivity contribution is 5.95. The lowest BCUT2D eigenvalue weighted by molar-refractivity contribution is -0.135. The number of nitrogens with zero attached hydrogens (tertiary/aromatic N) is 1. The normalized spacial score (nSPS) is 15.2. The van der Waals surface area contributed by atoms with Crippen molar-refractivity contribution < 1.29 is 14.4 Å². The Balaban J connectivity index is 1.79. The Labute approximate surface area is 123 Å². The first-order valence-corrected chi connectivity index (χ1v) is 7.09. The zero-order chi connectivity index (χ0) is 15.1. The second-order valence-electron chi connectivity index (χ2n) is 4.99. The molecule has 1 aromatic carbocycles. The van der Waals surface area contributed by atoms with E-state index in [0.717, 1.165) is 19.3 Å². The van der Waals surface area contributed by atoms with E-state index in [1.54, 1.807) is 30.3 Å². The summed E-state index contributed by atoms with van der Waals surface area (Å²) in [5.41, 5.74) is 5.14. The molecule has 1 saturated heterocycles. The number of carbonyl (C=O) groups excluding carboxylic acids is 3. The minimum atomic E-state index is -0.394. The number of hydrogen-bond donors (Lipinski definition) is 2. The van der Waals surface area contributed by atoms with Crippen LogP contribution in [0.25, 0.3) is 0 Å². The Hall–Kier alpha value is -2.37. The van der Waals surface area contributed by atoms with Crippen molar-refractivity contribution in [1.82, 2.24) is 15.8 Å². The lowest BCUT2D eigenvalue weighted by Gasteiger charge is -2.19. The maximum atomic E-state index is 11.8. The number of hydrazine groups is 1. The van der Waals surface area contributed by atoms with Gasteiger partial charge in [0.05, 0.1) is 0 Å². The van der Waals surface area contributed by atoms with Crippen LogP contribution >= 0.6 is 0 Å². The van der Waals surface area contributed by atoms with E-state index in [4.69, 9.17) is 0 Å². The highest BCUT2D eigenvalue weighted by Crippen LogP contribution is 2.10. The van der Waals surface area contributed by atoms with Crippen LogP contribution in [0.1, 0.15) is 36.0 Å². The van der Waals surface area contributed by atoms with E-state index in [2.05, 4.69) is 10.9 Å². The van der Waals surface area contributed by atoms with E-state index in [-0.39, 0.29) is 18.4 Å². The topological polar surface area (TPSA) is 78.5 Å². The molecule has 1 aromatic rings. The Bertz CT molecular complexity index is 516. The zero-order valence-electron chi connectivity index (χ0n) is 11.8. The van der Waals surface area contributed by atoms with Gasteiger partial charge in [-0.1, -0.05) is 24.6 Å². The maximum absolute atomic E-state index is 11.8. The number of amides is 3. The van der Waals surface area contributed by atoms with Crippen LogP contribution < -0.4 is 10.9 Å². The van der Waals surface area contributed by atoms with E-state index >= 15 is 0 Å². The molecule has 1 heterocycles. The average Bonchev–Trinajstić information content (AvgIpc) is 2.71. The molecule has 0 radical (unpaired) electrons. The number of likely N-dealkylation sites (tertiary alicyclic amines) is 1. The van der Waals surface area contributed by atoms with Crippen LogP contribution in [0.15, 0.2) is 30.3 Å². The molecule has 2 rings (SSSR count). The second kappa shape index (κ2) is 7.42. The van der Waals surface area contributed by atoms with Crippen molar-refractivity contribution in [3.8, 4) is 0 Å². The highest BCUT2D eigenvalue weighted by Gasteiger charge is 2.19. The lowest BCUT2D eigenvalue weighted by atomic mass is 10.2. The third-order valence-corrected chi connectivity index (χ3v) is 3.36. The van der Waals surface area contributed by atoms with Crippen molar-refractivity contribution in [3.63, 3.8) is 0 Å². The van der Waals surface area contributed by atoms with Gasteiger partial charge in [-0.15, -0.1) is 0 Å². The summed E-state index contributed by atoms with van der Waals surface area (Å²) < 4.78 is 0. The van der Waals surface area contributed by atoms with Crippen LogP contribution in [-0.4, -0.2) is 35.7 Å². The second-order valence-corrected chi connectivity index (χ2v) is 4.99. The number of benzene rings is 1. The standard InChI is InChI=1S/C15H19N3O3/c19-13(11-18-10-6-2-5-9-14(18)20)16-17-15(21)12-7-3-1-4-8-12/h1,3-4,7-8H,2,5-6,9-11H2,(H,16,19)(H,17,21). The molecule has 0 bridgehead atoms. The predicted molar refractivity (Wildman–Crippen MR) is 77.1 cm³/mol. The monoisotopic (exact) mass is 289 g/mol. The third-order valence-electron chi connectivity index (χ3n) is 3.36. The minimum absolute atomic E-state index is 0.00274. The molecule has 0 atom stereocenters. The van der Waals surface area contributed by atoms with Crippen LogP contribution in [0.3, 0.4) is 0 Å². The SMILES string of the molecule is O=C(CN1CCCCCC1=O)NNC(=O)c1ccccc1. The Morgan fingerprint density at radius 2 is 1.81 bits per heavy atom. The van der Waals surface area contributed by atoms with Gasteiger partial charge in [0.25, 0.3) is 11.8 Å². The molecule has 21 heavy (non-hydrogen) atoms. The van der Waals surface area contributed by atoms with Crippen molar-refractivity contribution in [2.24, 2.45) is 0 Å². The van der Waals surface area contributed by atoms with Gasteiger partial charge < -0.3 is 4.90 Å². The summed E-state index contributed by atoms with van der Waals surface area (Å²) in [6.07, 6.45) is 3.29. The van der Waals surface area contributed by atoms with E-state index in [1.807, 2.05) is 0 Å². The fraction of sp³-hybridized carbons (Fsp3) is 0.400. The van der Waals surface area contributed by atoms with E-state index in [1.165, 1.54) is 4.90 Å². The fourth-order valence-corrected chi connectivity index (χ4v) is 2.21. The molecule has 0 aromatic heterocycles. The van der Waals surface area contributed by atoms with Crippen molar-refractivity contribution in [2.75, 3.05) is 13.1 Å². The molecule has 0 spiro atoms. The molecule has 6 heteroatoms. The quantitative estimate of drug-likeness (QED) is 0.810. The van der Waals surface area contributed by atoms with Gasteiger partial charge in [0.15, 0.2) is 0 Å². The fourth-order valence-electron chi connectivity index (χ4n) is 2.21. The summed E-state index contributed by atoms with van der Waals surface area (Å²) in [6.45, 7) is 0.576. The average molecular weight is 289 g/mol. The van der Waals surface area contributed by atoms with Crippen molar-refractivity contribution in [1.29, 1.82) is 0 Å². The Morgan fingerprint density at radius 1 is 1.05 bits per heavy atom. The van der Waals surface area contributed by atoms with Gasteiger partial charge in [-0.25, -0.2) is 0 Å². The first kappa shape index (κ1) is 15.0. The van der Waals surface area contributed by atoms with Gasteiger partial charge in [0.1, 0.15) is 6.54 Å². The molecule has 1 fully saturated rings. The third kappa shape index (κ3) is 4.59. The lowest BCUT2D eigenvalue weighted by Crippen LogP contribution is -2.47. The maximum Gasteiger partial charge on any atom is 0.269 e. The molecule has 1 aliphatic heterocycles. The van der Waals surface area contributed by atoms with Gasteiger partial charge in [0, 0.05) is 18.5 Å². The first-order chi connectivity index (χ1) is 10.2. The molecule has 6 nitrogen and oxygen atoms in total. The predicted octanol–water partition coefficient (Wildman–Crippen LogP) is 0.850. The molecular formula is C15H19N3O3. The smallest absolute Gasteiger partial charge is 0.269 e. The van der Waals surface area contributed by atoms with Crippen LogP contribution in [0.5, 0.6) is 0 Å². The van der Waals surface area contributed by atoms with Gasteiger partial charge >= 0.3 is 0 Å². The van der Waals surface area contributed by atoms with Crippen LogP contribution in [-0.2, 0) is 9.59 Å². The van der Waals surface area contributed by atoms with Gasteiger partial charge in [-0.2, -0.15) is 0 Å². The van der Waals surface area contributed by atoms with Crippen molar-refractivity contribution in [2.45, 2.75) is 25.7 Å². The molecule has 3 amide bonds.